The van der Waals surface area contributed by atoms with Crippen molar-refractivity contribution in [1.29, 1.82) is 0 Å². The monoisotopic (exact) mass is 493 g/mol. The molecule has 190 valence electrons. The van der Waals surface area contributed by atoms with Crippen LogP contribution in [-0.2, 0) is 0 Å². The van der Waals surface area contributed by atoms with Gasteiger partial charge in [-0.25, -0.2) is 9.37 Å². The second-order valence-electron chi connectivity index (χ2n) is 8.62. The van der Waals surface area contributed by atoms with Gasteiger partial charge in [-0.05, 0) is 31.2 Å². The van der Waals surface area contributed by atoms with Crippen LogP contribution in [0.3, 0.4) is 0 Å². The van der Waals surface area contributed by atoms with E-state index in [0.717, 1.165) is 13.1 Å². The Morgan fingerprint density at radius 2 is 1.92 bits per heavy atom. The SMILES string of the molecule is C#C.C=C(C)n1c(C(=O)N(C)C)cc2cnc(Nc3ccc(N4CCN(CCO)CC4)c(F)c3)nc21. The fraction of sp³-hybridized carbons (Fsp3) is 0.346. The normalized spacial score (nSPS) is 13.7. The Morgan fingerprint density at radius 3 is 2.50 bits per heavy atom. The topological polar surface area (TPSA) is 89.8 Å². The quantitative estimate of drug-likeness (QED) is 0.489. The minimum atomic E-state index is -0.328. The summed E-state index contributed by atoms with van der Waals surface area (Å²) < 4.78 is 16.6. The van der Waals surface area contributed by atoms with Gasteiger partial charge in [0.2, 0.25) is 5.95 Å². The van der Waals surface area contributed by atoms with Crippen LogP contribution in [0, 0.1) is 18.7 Å². The number of amides is 1. The highest BCUT2D eigenvalue weighted by atomic mass is 19.1. The highest BCUT2D eigenvalue weighted by Gasteiger charge is 2.21. The minimum Gasteiger partial charge on any atom is -0.395 e. The highest BCUT2D eigenvalue weighted by Crippen LogP contribution is 2.27. The maximum atomic E-state index is 14.9. The first kappa shape index (κ1) is 26.7. The predicted molar refractivity (Wildman–Crippen MR) is 142 cm³/mol. The van der Waals surface area contributed by atoms with Gasteiger partial charge in [-0.2, -0.15) is 4.98 Å². The fourth-order valence-corrected chi connectivity index (χ4v) is 4.15. The second kappa shape index (κ2) is 11.7. The Hall–Kier alpha value is -3.94. The van der Waals surface area contributed by atoms with Crippen molar-refractivity contribution >= 4 is 40.0 Å². The van der Waals surface area contributed by atoms with E-state index < -0.39 is 0 Å². The smallest absolute Gasteiger partial charge is 0.270 e. The molecule has 1 fully saturated rings. The van der Waals surface area contributed by atoms with Crippen molar-refractivity contribution < 1.29 is 14.3 Å². The molecule has 2 N–H and O–H groups in total. The minimum absolute atomic E-state index is 0.132. The van der Waals surface area contributed by atoms with E-state index in [1.54, 1.807) is 50.0 Å². The van der Waals surface area contributed by atoms with Crippen molar-refractivity contribution in [2.45, 2.75) is 6.92 Å². The van der Waals surface area contributed by atoms with E-state index in [1.807, 2.05) is 4.90 Å². The van der Waals surface area contributed by atoms with Crippen molar-refractivity contribution in [3.05, 3.63) is 48.6 Å². The molecular formula is C26H32FN7O2. The zero-order chi connectivity index (χ0) is 26.4. The molecule has 9 nitrogen and oxygen atoms in total. The van der Waals surface area contributed by atoms with Crippen molar-refractivity contribution in [2.75, 3.05) is 63.6 Å². The Labute approximate surface area is 210 Å². The lowest BCUT2D eigenvalue weighted by Gasteiger charge is -2.36. The van der Waals surface area contributed by atoms with Crippen LogP contribution in [0.1, 0.15) is 17.4 Å². The molecule has 3 aromatic rings. The van der Waals surface area contributed by atoms with Gasteiger partial charge in [-0.1, -0.05) is 6.58 Å². The Morgan fingerprint density at radius 1 is 1.22 bits per heavy atom. The lowest BCUT2D eigenvalue weighted by Crippen LogP contribution is -2.47. The van der Waals surface area contributed by atoms with Crippen LogP contribution < -0.4 is 10.2 Å². The van der Waals surface area contributed by atoms with Crippen LogP contribution in [0.5, 0.6) is 0 Å². The van der Waals surface area contributed by atoms with Gasteiger partial charge in [0.1, 0.15) is 11.5 Å². The average molecular weight is 494 g/mol. The summed E-state index contributed by atoms with van der Waals surface area (Å²) in [4.78, 5) is 27.2. The summed E-state index contributed by atoms with van der Waals surface area (Å²) in [7, 11) is 3.38. The third-order valence-corrected chi connectivity index (χ3v) is 5.88. The third kappa shape index (κ3) is 5.64. The van der Waals surface area contributed by atoms with Gasteiger partial charge in [0.15, 0.2) is 5.65 Å². The summed E-state index contributed by atoms with van der Waals surface area (Å²) in [6.07, 6.45) is 9.63. The van der Waals surface area contributed by atoms with Gasteiger partial charge < -0.3 is 20.2 Å². The number of rotatable bonds is 7. The van der Waals surface area contributed by atoms with Crippen molar-refractivity contribution in [3.63, 3.8) is 0 Å². The van der Waals surface area contributed by atoms with Crippen LogP contribution in [0.2, 0.25) is 0 Å². The lowest BCUT2D eigenvalue weighted by atomic mass is 10.2. The molecule has 0 atom stereocenters. The lowest BCUT2D eigenvalue weighted by molar-refractivity contribution is 0.0820. The van der Waals surface area contributed by atoms with E-state index in [1.165, 1.54) is 11.0 Å². The number of fused-ring (bicyclic) bond motifs is 1. The van der Waals surface area contributed by atoms with Gasteiger partial charge in [0.25, 0.3) is 5.91 Å². The number of carbonyl (C=O) groups is 1. The van der Waals surface area contributed by atoms with Gasteiger partial charge in [-0.15, -0.1) is 12.8 Å². The van der Waals surface area contributed by atoms with Gasteiger partial charge in [0.05, 0.1) is 12.3 Å². The summed E-state index contributed by atoms with van der Waals surface area (Å²) in [5.41, 5.74) is 2.73. The van der Waals surface area contributed by atoms with E-state index in [9.17, 15) is 9.18 Å². The number of anilines is 3. The number of aliphatic hydroxyl groups excluding tert-OH is 1. The van der Waals surface area contributed by atoms with E-state index in [2.05, 4.69) is 39.6 Å². The average Bonchev–Trinajstić information content (AvgIpc) is 3.25. The molecule has 1 aliphatic heterocycles. The number of nitrogens with zero attached hydrogens (tertiary/aromatic N) is 6. The number of hydrogen-bond donors (Lipinski definition) is 2. The number of hydrogen-bond acceptors (Lipinski definition) is 7. The molecule has 1 aromatic carbocycles. The van der Waals surface area contributed by atoms with Gasteiger partial charge >= 0.3 is 0 Å². The Balaban J connectivity index is 0.00000176. The number of terminal acetylenes is 1. The number of benzene rings is 1. The number of aliphatic hydroxyl groups is 1. The number of β-amino-alcohol motifs (C(OH)–C–C–N with tert-alkyl or cyclic N) is 1. The molecule has 3 heterocycles. The Bertz CT molecular complexity index is 1260. The number of allylic oxidation sites excluding steroid dienone is 1. The van der Waals surface area contributed by atoms with E-state index >= 15 is 0 Å². The zero-order valence-electron chi connectivity index (χ0n) is 20.9. The first-order valence-electron chi connectivity index (χ1n) is 11.5. The number of halogens is 1. The molecule has 1 aliphatic rings. The molecule has 0 bridgehead atoms. The second-order valence-corrected chi connectivity index (χ2v) is 8.62. The van der Waals surface area contributed by atoms with Crippen LogP contribution >= 0.6 is 0 Å². The van der Waals surface area contributed by atoms with E-state index in [0.29, 0.717) is 59.4 Å². The standard InChI is InChI=1S/C24H30FN7O2.C2H2/c1-16(2)32-21(23(34)29(3)4)13-17-15-26-24(28-22(17)32)27-18-5-6-20(19(25)14-18)31-9-7-30(8-10-31)11-12-33;1-2/h5-6,13-15,33H,1,7-12H2,2-4H3,(H,26,27,28);1-2H. The van der Waals surface area contributed by atoms with Crippen LogP contribution in [0.4, 0.5) is 21.7 Å². The van der Waals surface area contributed by atoms with E-state index in [-0.39, 0.29) is 18.3 Å². The number of carbonyl (C=O) groups excluding carboxylic acids is 1. The van der Waals surface area contributed by atoms with E-state index in [4.69, 9.17) is 5.11 Å². The maximum Gasteiger partial charge on any atom is 0.270 e. The summed E-state index contributed by atoms with van der Waals surface area (Å²) in [5, 5.41) is 12.9. The molecule has 1 amide bonds. The van der Waals surface area contributed by atoms with Crippen LogP contribution in [0.25, 0.3) is 16.7 Å². The first-order valence-corrected chi connectivity index (χ1v) is 11.5. The summed E-state index contributed by atoms with van der Waals surface area (Å²) in [6, 6.07) is 6.72. The van der Waals surface area contributed by atoms with Crippen molar-refractivity contribution in [2.24, 2.45) is 0 Å². The number of piperazine rings is 1. The molecule has 0 aliphatic carbocycles. The van der Waals surface area contributed by atoms with Gasteiger partial charge in [0, 0.05) is 69.8 Å². The molecule has 0 unspecified atom stereocenters. The largest absolute Gasteiger partial charge is 0.395 e. The molecule has 1 saturated heterocycles. The molecule has 0 radical (unpaired) electrons. The van der Waals surface area contributed by atoms with Crippen LogP contribution in [-0.4, -0.2) is 88.8 Å². The van der Waals surface area contributed by atoms with Crippen molar-refractivity contribution in [1.82, 2.24) is 24.3 Å². The summed E-state index contributed by atoms with van der Waals surface area (Å²) >= 11 is 0. The zero-order valence-corrected chi connectivity index (χ0v) is 20.9. The molecule has 36 heavy (non-hydrogen) atoms. The first-order chi connectivity index (χ1) is 17.3. The maximum absolute atomic E-state index is 14.9. The third-order valence-electron chi connectivity index (χ3n) is 5.88. The molecule has 4 rings (SSSR count). The van der Waals surface area contributed by atoms with Gasteiger partial charge in [-0.3, -0.25) is 14.3 Å². The molecule has 0 saturated carbocycles. The number of nitrogens with one attached hydrogen (secondary N) is 1. The van der Waals surface area contributed by atoms with Crippen molar-refractivity contribution in [3.8, 4) is 12.8 Å². The fourth-order valence-electron chi connectivity index (χ4n) is 4.15. The molecule has 2 aromatic heterocycles. The molecule has 10 heteroatoms. The highest BCUT2D eigenvalue weighted by molar-refractivity contribution is 5.99. The predicted octanol–water partition coefficient (Wildman–Crippen LogP) is 2.87. The summed E-state index contributed by atoms with van der Waals surface area (Å²) in [5.74, 6) is -0.196. The number of aromatic nitrogens is 3. The molecule has 0 spiro atoms. The van der Waals surface area contributed by atoms with Crippen LogP contribution in [0.15, 0.2) is 37.0 Å². The summed E-state index contributed by atoms with van der Waals surface area (Å²) in [6.45, 7) is 9.54. The Kier molecular flexibility index (Phi) is 8.64. The molecular weight excluding hydrogens is 461 g/mol.